The van der Waals surface area contributed by atoms with E-state index in [9.17, 15) is 9.59 Å². The van der Waals surface area contributed by atoms with E-state index in [-0.39, 0.29) is 23.3 Å². The van der Waals surface area contributed by atoms with Crippen LogP contribution < -0.4 is 5.32 Å². The largest absolute Gasteiger partial charge is 0.365 e. The van der Waals surface area contributed by atoms with Gasteiger partial charge in [0.05, 0.1) is 18.4 Å². The molecule has 7 heteroatoms. The standard InChI is InChI=1S/C19H26N4O3/c1-18-9-19(10-18,26-11-18)17(25)23-7-12-3-4-15(14(12)8-23)21-16(24)13-5-20-22(2)6-13/h5-6,12,14-15H,3-4,7-11H2,1-2H3,(H,21,24). The molecule has 0 radical (unpaired) electrons. The quantitative estimate of drug-likeness (QED) is 0.873. The number of aryl methyl sites for hydroxylation is 1. The van der Waals surface area contributed by atoms with E-state index in [2.05, 4.69) is 17.3 Å². The number of fused-ring (bicyclic) bond motifs is 2. The fraction of sp³-hybridized carbons (Fsp3) is 0.737. The number of likely N-dealkylation sites (tertiary alicyclic amines) is 1. The van der Waals surface area contributed by atoms with Gasteiger partial charge in [0.25, 0.3) is 11.8 Å². The summed E-state index contributed by atoms with van der Waals surface area (Å²) in [6, 6.07) is 0.138. The maximum Gasteiger partial charge on any atom is 0.254 e. The number of nitrogens with one attached hydrogen (secondary N) is 1. The predicted octanol–water partition coefficient (Wildman–Crippen LogP) is 0.956. The first-order chi connectivity index (χ1) is 12.4. The Hall–Kier alpha value is -1.89. The van der Waals surface area contributed by atoms with Gasteiger partial charge in [0.15, 0.2) is 0 Å². The van der Waals surface area contributed by atoms with Crippen LogP contribution in [0.4, 0.5) is 0 Å². The maximum absolute atomic E-state index is 13.0. The third-order valence-electron chi connectivity index (χ3n) is 6.94. The molecule has 3 saturated heterocycles. The Kier molecular flexibility index (Phi) is 3.33. The first-order valence-corrected chi connectivity index (χ1v) is 9.60. The van der Waals surface area contributed by atoms with E-state index < -0.39 is 5.60 Å². The summed E-state index contributed by atoms with van der Waals surface area (Å²) in [6.07, 6.45) is 7.12. The average Bonchev–Trinajstić information content (AvgIpc) is 3.33. The molecule has 2 saturated carbocycles. The molecule has 1 N–H and O–H groups in total. The second-order valence-corrected chi connectivity index (χ2v) is 9.14. The fourth-order valence-corrected chi connectivity index (χ4v) is 5.75. The van der Waals surface area contributed by atoms with Gasteiger partial charge >= 0.3 is 0 Å². The minimum Gasteiger partial charge on any atom is -0.365 e. The van der Waals surface area contributed by atoms with E-state index in [1.165, 1.54) is 0 Å². The first kappa shape index (κ1) is 16.3. The monoisotopic (exact) mass is 358 g/mol. The molecule has 3 atom stereocenters. The highest BCUT2D eigenvalue weighted by molar-refractivity contribution is 5.94. The lowest BCUT2D eigenvalue weighted by molar-refractivity contribution is -0.156. The Balaban J connectivity index is 1.24. The zero-order chi connectivity index (χ0) is 18.1. The summed E-state index contributed by atoms with van der Waals surface area (Å²) in [5, 5.41) is 7.24. The van der Waals surface area contributed by atoms with Crippen molar-refractivity contribution in [2.45, 2.75) is 44.2 Å². The van der Waals surface area contributed by atoms with E-state index in [0.717, 1.165) is 38.8 Å². The van der Waals surface area contributed by atoms with Gasteiger partial charge in [-0.15, -0.1) is 0 Å². The summed E-state index contributed by atoms with van der Waals surface area (Å²) in [5.74, 6) is 0.950. The number of amides is 2. The van der Waals surface area contributed by atoms with Crippen LogP contribution in [-0.2, 0) is 16.6 Å². The summed E-state index contributed by atoms with van der Waals surface area (Å²) >= 11 is 0. The first-order valence-electron chi connectivity index (χ1n) is 9.60. The number of carbonyl (C=O) groups excluding carboxylic acids is 2. The normalized spacial score (nSPS) is 40.4. The third-order valence-corrected chi connectivity index (χ3v) is 6.94. The van der Waals surface area contributed by atoms with Crippen molar-refractivity contribution >= 4 is 11.8 Å². The topological polar surface area (TPSA) is 76.5 Å². The molecule has 3 unspecified atom stereocenters. The fourth-order valence-electron chi connectivity index (χ4n) is 5.75. The van der Waals surface area contributed by atoms with Crippen molar-refractivity contribution in [2.24, 2.45) is 24.3 Å². The van der Waals surface area contributed by atoms with E-state index >= 15 is 0 Å². The van der Waals surface area contributed by atoms with Crippen LogP contribution in [-0.4, -0.2) is 57.8 Å². The average molecular weight is 358 g/mol. The third kappa shape index (κ3) is 2.32. The van der Waals surface area contributed by atoms with Gasteiger partial charge in [-0.3, -0.25) is 14.3 Å². The van der Waals surface area contributed by atoms with Gasteiger partial charge < -0.3 is 15.0 Å². The van der Waals surface area contributed by atoms with Gasteiger partial charge in [-0.1, -0.05) is 6.92 Å². The van der Waals surface area contributed by atoms with Crippen molar-refractivity contribution in [2.75, 3.05) is 19.7 Å². The van der Waals surface area contributed by atoms with Crippen molar-refractivity contribution in [1.29, 1.82) is 0 Å². The van der Waals surface area contributed by atoms with Crippen LogP contribution in [0, 0.1) is 17.3 Å². The molecule has 140 valence electrons. The van der Waals surface area contributed by atoms with Gasteiger partial charge in [-0.25, -0.2) is 0 Å². The van der Waals surface area contributed by atoms with Crippen LogP contribution in [0.25, 0.3) is 0 Å². The predicted molar refractivity (Wildman–Crippen MR) is 93.3 cm³/mol. The molecule has 1 aromatic rings. The number of aromatic nitrogens is 2. The summed E-state index contributed by atoms with van der Waals surface area (Å²) < 4.78 is 7.53. The SMILES string of the molecule is Cn1cc(C(=O)NC2CCC3CN(C(=O)C45CC(C)(CO4)C5)CC32)cn1. The zero-order valence-electron chi connectivity index (χ0n) is 15.4. The molecule has 2 amide bonds. The molecule has 5 aliphatic rings. The van der Waals surface area contributed by atoms with Crippen LogP contribution >= 0.6 is 0 Å². The number of carbonyl (C=O) groups is 2. The molecular formula is C19H26N4O3. The van der Waals surface area contributed by atoms with Gasteiger partial charge in [0, 0.05) is 38.3 Å². The Morgan fingerprint density at radius 3 is 2.77 bits per heavy atom. The van der Waals surface area contributed by atoms with Gasteiger partial charge in [-0.2, -0.15) is 5.10 Å². The van der Waals surface area contributed by atoms with Crippen LogP contribution in [0.3, 0.4) is 0 Å². The Labute approximate surface area is 153 Å². The number of nitrogens with zero attached hydrogens (tertiary/aromatic N) is 3. The molecule has 4 heterocycles. The molecule has 5 fully saturated rings. The lowest BCUT2D eigenvalue weighted by Crippen LogP contribution is -2.55. The second-order valence-electron chi connectivity index (χ2n) is 9.14. The summed E-state index contributed by atoms with van der Waals surface area (Å²) in [7, 11) is 1.80. The molecule has 3 aliphatic heterocycles. The minimum absolute atomic E-state index is 0.0685. The van der Waals surface area contributed by atoms with Crippen LogP contribution in [0.15, 0.2) is 12.4 Å². The molecule has 0 aromatic carbocycles. The maximum atomic E-state index is 13.0. The molecule has 2 aliphatic carbocycles. The van der Waals surface area contributed by atoms with Crippen molar-refractivity contribution in [3.63, 3.8) is 0 Å². The highest BCUT2D eigenvalue weighted by Gasteiger charge is 2.65. The summed E-state index contributed by atoms with van der Waals surface area (Å²) in [5.41, 5.74) is 0.265. The van der Waals surface area contributed by atoms with Gasteiger partial charge in [-0.05, 0) is 37.0 Å². The number of rotatable bonds is 3. The van der Waals surface area contributed by atoms with E-state index in [0.29, 0.717) is 24.0 Å². The molecule has 7 nitrogen and oxygen atoms in total. The summed E-state index contributed by atoms with van der Waals surface area (Å²) in [6.45, 7) is 4.46. The van der Waals surface area contributed by atoms with E-state index in [4.69, 9.17) is 4.74 Å². The highest BCUT2D eigenvalue weighted by atomic mass is 16.5. The van der Waals surface area contributed by atoms with Crippen LogP contribution in [0.1, 0.15) is 43.0 Å². The molecule has 2 bridgehead atoms. The Bertz CT molecular complexity index is 767. The van der Waals surface area contributed by atoms with Crippen molar-refractivity contribution in [3.05, 3.63) is 18.0 Å². The Morgan fingerprint density at radius 2 is 2.12 bits per heavy atom. The van der Waals surface area contributed by atoms with Crippen LogP contribution in [0.2, 0.25) is 0 Å². The van der Waals surface area contributed by atoms with E-state index in [1.807, 2.05) is 4.90 Å². The van der Waals surface area contributed by atoms with Crippen LogP contribution in [0.5, 0.6) is 0 Å². The smallest absolute Gasteiger partial charge is 0.254 e. The van der Waals surface area contributed by atoms with Crippen molar-refractivity contribution in [1.82, 2.24) is 20.0 Å². The molecule has 0 spiro atoms. The van der Waals surface area contributed by atoms with E-state index in [1.54, 1.807) is 24.1 Å². The lowest BCUT2D eigenvalue weighted by Gasteiger charge is -2.43. The van der Waals surface area contributed by atoms with Crippen molar-refractivity contribution in [3.8, 4) is 0 Å². The number of hydrogen-bond acceptors (Lipinski definition) is 4. The van der Waals surface area contributed by atoms with Gasteiger partial charge in [0.1, 0.15) is 5.60 Å². The molecule has 1 aromatic heterocycles. The lowest BCUT2D eigenvalue weighted by atomic mass is 9.63. The van der Waals surface area contributed by atoms with Gasteiger partial charge in [0.2, 0.25) is 0 Å². The summed E-state index contributed by atoms with van der Waals surface area (Å²) in [4.78, 5) is 27.5. The highest BCUT2D eigenvalue weighted by Crippen LogP contribution is 2.58. The minimum atomic E-state index is -0.540. The number of ether oxygens (including phenoxy) is 1. The Morgan fingerprint density at radius 1 is 1.31 bits per heavy atom. The molecule has 26 heavy (non-hydrogen) atoms. The number of hydrogen-bond donors (Lipinski definition) is 1. The second kappa shape index (κ2) is 5.31. The zero-order valence-corrected chi connectivity index (χ0v) is 15.4. The molecular weight excluding hydrogens is 332 g/mol. The molecule has 6 rings (SSSR count). The van der Waals surface area contributed by atoms with Crippen molar-refractivity contribution < 1.29 is 14.3 Å².